The number of esters is 1. The molecular weight excluding hydrogens is 540 g/mol. The Bertz CT molecular complexity index is 1380. The minimum atomic E-state index is -0.0899. The van der Waals surface area contributed by atoms with Gasteiger partial charge in [0.25, 0.3) is 0 Å². The first-order valence-corrected chi connectivity index (χ1v) is 16.1. The van der Waals surface area contributed by atoms with Crippen LogP contribution < -0.4 is 0 Å². The molecule has 230 valence electrons. The van der Waals surface area contributed by atoms with Gasteiger partial charge in [-0.1, -0.05) is 25.0 Å². The minimum absolute atomic E-state index is 0.0899. The third kappa shape index (κ3) is 7.50. The van der Waals surface area contributed by atoms with E-state index >= 15 is 0 Å². The van der Waals surface area contributed by atoms with Gasteiger partial charge >= 0.3 is 5.97 Å². The lowest BCUT2D eigenvalue weighted by Gasteiger charge is -2.26. The van der Waals surface area contributed by atoms with Crippen LogP contribution in [0.5, 0.6) is 0 Å². The fourth-order valence-electron chi connectivity index (χ4n) is 6.69. The van der Waals surface area contributed by atoms with Crippen LogP contribution in [0.15, 0.2) is 48.8 Å². The average Bonchev–Trinajstić information content (AvgIpc) is 3.64. The lowest BCUT2D eigenvalue weighted by atomic mass is 9.85. The largest absolute Gasteiger partial charge is 0.466 e. The van der Waals surface area contributed by atoms with Crippen molar-refractivity contribution in [3.63, 3.8) is 0 Å². The number of carbonyl (C=O) groups excluding carboxylic acids is 1. The van der Waals surface area contributed by atoms with Crippen LogP contribution in [-0.4, -0.2) is 85.0 Å². The maximum absolute atomic E-state index is 11.9. The first kappa shape index (κ1) is 29.9. The van der Waals surface area contributed by atoms with E-state index in [2.05, 4.69) is 68.6 Å². The van der Waals surface area contributed by atoms with Gasteiger partial charge in [-0.3, -0.25) is 14.6 Å². The number of hydrogen-bond acceptors (Lipinski definition) is 6. The van der Waals surface area contributed by atoms with Gasteiger partial charge in [-0.15, -0.1) is 0 Å². The van der Waals surface area contributed by atoms with E-state index in [1.807, 2.05) is 6.92 Å². The van der Waals surface area contributed by atoms with Gasteiger partial charge < -0.3 is 24.2 Å². The Balaban J connectivity index is 1.28. The number of nitrogens with zero attached hydrogens (tertiary/aromatic N) is 2. The van der Waals surface area contributed by atoms with Gasteiger partial charge in [-0.05, 0) is 66.3 Å². The average molecular weight is 587 g/mol. The highest BCUT2D eigenvalue weighted by molar-refractivity contribution is 5.88. The number of carbonyl (C=O) groups is 1. The summed E-state index contributed by atoms with van der Waals surface area (Å²) in [6.07, 6.45) is 8.88. The van der Waals surface area contributed by atoms with E-state index in [9.17, 15) is 4.79 Å². The van der Waals surface area contributed by atoms with E-state index in [-0.39, 0.29) is 11.9 Å². The predicted octanol–water partition coefficient (Wildman–Crippen LogP) is 5.96. The zero-order valence-electron chi connectivity index (χ0n) is 25.5. The van der Waals surface area contributed by atoms with Crippen molar-refractivity contribution < 1.29 is 19.0 Å². The predicted molar refractivity (Wildman–Crippen MR) is 170 cm³/mol. The first-order valence-electron chi connectivity index (χ1n) is 16.1. The van der Waals surface area contributed by atoms with Crippen molar-refractivity contribution in [2.45, 2.75) is 58.0 Å². The van der Waals surface area contributed by atoms with Crippen LogP contribution in [0, 0.1) is 0 Å². The second kappa shape index (κ2) is 14.5. The van der Waals surface area contributed by atoms with Crippen molar-refractivity contribution in [2.24, 2.45) is 0 Å². The van der Waals surface area contributed by atoms with Crippen LogP contribution in [0.3, 0.4) is 0 Å². The Morgan fingerprint density at radius 1 is 0.791 bits per heavy atom. The van der Waals surface area contributed by atoms with E-state index in [0.29, 0.717) is 13.0 Å². The SMILES string of the molecule is CCOC(=O)CCCCCC(c1c[nH]c2ccc(CN3CCOCC3)cc12)c1c[nH]c2ccc(CN3CCOCC3)cc12. The van der Waals surface area contributed by atoms with Crippen molar-refractivity contribution >= 4 is 27.8 Å². The Morgan fingerprint density at radius 2 is 1.33 bits per heavy atom. The summed E-state index contributed by atoms with van der Waals surface area (Å²) in [7, 11) is 0. The summed E-state index contributed by atoms with van der Waals surface area (Å²) in [6, 6.07) is 13.8. The number of hydrogen-bond donors (Lipinski definition) is 2. The molecule has 2 aromatic heterocycles. The lowest BCUT2D eigenvalue weighted by Crippen LogP contribution is -2.35. The second-order valence-corrected chi connectivity index (χ2v) is 12.0. The summed E-state index contributed by atoms with van der Waals surface area (Å²) in [5.74, 6) is 0.148. The molecule has 8 nitrogen and oxygen atoms in total. The molecule has 6 rings (SSSR count). The fourth-order valence-corrected chi connectivity index (χ4v) is 6.69. The number of H-pyrrole nitrogens is 2. The van der Waals surface area contributed by atoms with Crippen molar-refractivity contribution in [1.29, 1.82) is 0 Å². The molecule has 0 aliphatic carbocycles. The van der Waals surface area contributed by atoms with Crippen LogP contribution in [0.1, 0.15) is 67.2 Å². The number of nitrogens with one attached hydrogen (secondary N) is 2. The Labute approximate surface area is 254 Å². The number of benzene rings is 2. The number of ether oxygens (including phenoxy) is 3. The van der Waals surface area contributed by atoms with E-state index in [0.717, 1.165) is 91.4 Å². The number of fused-ring (bicyclic) bond motifs is 2. The van der Waals surface area contributed by atoms with Crippen molar-refractivity contribution in [1.82, 2.24) is 19.8 Å². The van der Waals surface area contributed by atoms with Crippen LogP contribution in [0.4, 0.5) is 0 Å². The third-order valence-corrected chi connectivity index (χ3v) is 9.01. The molecule has 2 fully saturated rings. The molecule has 8 heteroatoms. The topological polar surface area (TPSA) is 82.8 Å². The highest BCUT2D eigenvalue weighted by Crippen LogP contribution is 2.39. The molecule has 0 unspecified atom stereocenters. The molecule has 2 N–H and O–H groups in total. The second-order valence-electron chi connectivity index (χ2n) is 12.0. The van der Waals surface area contributed by atoms with Gasteiger partial charge in [0.2, 0.25) is 0 Å². The molecular formula is C35H46N4O4. The van der Waals surface area contributed by atoms with Gasteiger partial charge in [-0.2, -0.15) is 0 Å². The third-order valence-electron chi connectivity index (χ3n) is 9.01. The molecule has 0 bridgehead atoms. The summed E-state index contributed by atoms with van der Waals surface area (Å²) in [5.41, 5.74) is 7.75. The molecule has 2 aliphatic rings. The fraction of sp³-hybridized carbons (Fsp3) is 0.514. The van der Waals surface area contributed by atoms with Crippen LogP contribution in [0.25, 0.3) is 21.8 Å². The summed E-state index contributed by atoms with van der Waals surface area (Å²) >= 11 is 0. The van der Waals surface area contributed by atoms with Crippen LogP contribution in [0.2, 0.25) is 0 Å². The Hall–Kier alpha value is -3.17. The van der Waals surface area contributed by atoms with Crippen LogP contribution in [-0.2, 0) is 32.1 Å². The summed E-state index contributed by atoms with van der Waals surface area (Å²) in [6.45, 7) is 11.4. The number of morpholine rings is 2. The number of rotatable bonds is 13. The molecule has 0 saturated carbocycles. The van der Waals surface area contributed by atoms with Gasteiger partial charge in [-0.25, -0.2) is 0 Å². The number of unbranched alkanes of at least 4 members (excludes halogenated alkanes) is 2. The normalized spacial score (nSPS) is 16.9. The number of aromatic nitrogens is 2. The standard InChI is InChI=1S/C35H46N4O4/c1-2-43-35(40)7-5-3-4-6-28(31-22-36-33-10-8-26(20-29(31)33)24-38-12-16-41-17-13-38)32-23-37-34-11-9-27(21-30(32)34)25-39-14-18-42-19-15-39/h8-11,20-23,28,36-37H,2-7,12-19,24-25H2,1H3. The van der Waals surface area contributed by atoms with Crippen molar-refractivity contribution in [3.05, 3.63) is 71.0 Å². The maximum atomic E-state index is 11.9. The summed E-state index contributed by atoms with van der Waals surface area (Å²) < 4.78 is 16.3. The molecule has 2 aromatic carbocycles. The van der Waals surface area contributed by atoms with Gasteiger partial charge in [0.1, 0.15) is 0 Å². The molecule has 0 amide bonds. The molecule has 43 heavy (non-hydrogen) atoms. The summed E-state index contributed by atoms with van der Waals surface area (Å²) in [4.78, 5) is 24.0. The molecule has 4 heterocycles. The quantitative estimate of drug-likeness (QED) is 0.149. The van der Waals surface area contributed by atoms with E-state index in [1.165, 1.54) is 44.1 Å². The van der Waals surface area contributed by atoms with E-state index < -0.39 is 0 Å². The molecule has 0 spiro atoms. The number of aromatic amines is 2. The van der Waals surface area contributed by atoms with Gasteiger partial charge in [0, 0.05) is 85.8 Å². The first-order chi connectivity index (χ1) is 21.2. The van der Waals surface area contributed by atoms with Gasteiger partial charge in [0.05, 0.1) is 33.0 Å². The van der Waals surface area contributed by atoms with E-state index in [4.69, 9.17) is 14.2 Å². The Kier molecular flexibility index (Phi) is 10.1. The molecule has 0 radical (unpaired) electrons. The van der Waals surface area contributed by atoms with Gasteiger partial charge in [0.15, 0.2) is 0 Å². The lowest BCUT2D eigenvalue weighted by molar-refractivity contribution is -0.143. The monoisotopic (exact) mass is 586 g/mol. The highest BCUT2D eigenvalue weighted by atomic mass is 16.5. The van der Waals surface area contributed by atoms with E-state index in [1.54, 1.807) is 0 Å². The molecule has 2 saturated heterocycles. The summed E-state index contributed by atoms with van der Waals surface area (Å²) in [5, 5.41) is 2.61. The zero-order valence-corrected chi connectivity index (χ0v) is 25.5. The molecule has 0 atom stereocenters. The zero-order chi connectivity index (χ0) is 29.4. The smallest absolute Gasteiger partial charge is 0.305 e. The van der Waals surface area contributed by atoms with Crippen molar-refractivity contribution in [2.75, 3.05) is 59.2 Å². The van der Waals surface area contributed by atoms with Crippen molar-refractivity contribution in [3.8, 4) is 0 Å². The molecule has 2 aliphatic heterocycles. The molecule has 4 aromatic rings. The Morgan fingerprint density at radius 3 is 1.84 bits per heavy atom. The highest BCUT2D eigenvalue weighted by Gasteiger charge is 2.23. The minimum Gasteiger partial charge on any atom is -0.466 e. The van der Waals surface area contributed by atoms with Crippen LogP contribution >= 0.6 is 0 Å². The maximum Gasteiger partial charge on any atom is 0.305 e.